The van der Waals surface area contributed by atoms with E-state index >= 15 is 0 Å². The molecule has 108 valence electrons. The van der Waals surface area contributed by atoms with Crippen molar-refractivity contribution in [3.63, 3.8) is 0 Å². The molecule has 1 aliphatic rings. The molecule has 0 radical (unpaired) electrons. The molecule has 0 bridgehead atoms. The van der Waals surface area contributed by atoms with Crippen molar-refractivity contribution >= 4 is 33.2 Å². The second kappa shape index (κ2) is 5.85. The number of fused-ring (bicyclic) bond motifs is 1. The van der Waals surface area contributed by atoms with Crippen molar-refractivity contribution in [3.8, 4) is 0 Å². The quantitative estimate of drug-likeness (QED) is 0.875. The van der Waals surface area contributed by atoms with Gasteiger partial charge in [0, 0.05) is 29.0 Å². The summed E-state index contributed by atoms with van der Waals surface area (Å²) in [5.74, 6) is -0.497. The lowest BCUT2D eigenvalue weighted by Crippen LogP contribution is -2.17. The molecule has 0 saturated carbocycles. The molecule has 21 heavy (non-hydrogen) atoms. The van der Waals surface area contributed by atoms with Gasteiger partial charge >= 0.3 is 0 Å². The van der Waals surface area contributed by atoms with Gasteiger partial charge in [-0.05, 0) is 29.8 Å². The Kier molecular flexibility index (Phi) is 3.92. The molecule has 2 aromatic rings. The third-order valence-electron chi connectivity index (χ3n) is 3.57. The van der Waals surface area contributed by atoms with E-state index in [1.54, 1.807) is 12.1 Å². The highest BCUT2D eigenvalue weighted by Crippen LogP contribution is 2.33. The summed E-state index contributed by atoms with van der Waals surface area (Å²) >= 11 is 3.27. The first-order valence-electron chi connectivity index (χ1n) is 6.71. The second-order valence-corrected chi connectivity index (χ2v) is 5.96. The Morgan fingerprint density at radius 1 is 1.33 bits per heavy atom. The van der Waals surface area contributed by atoms with Gasteiger partial charge in [-0.25, -0.2) is 4.39 Å². The van der Waals surface area contributed by atoms with Crippen LogP contribution in [0.2, 0.25) is 0 Å². The summed E-state index contributed by atoms with van der Waals surface area (Å²) in [6, 6.07) is 12.4. The summed E-state index contributed by atoms with van der Waals surface area (Å²) in [5.41, 5.74) is 2.42. The van der Waals surface area contributed by atoms with Crippen molar-refractivity contribution in [3.05, 3.63) is 58.3 Å². The lowest BCUT2D eigenvalue weighted by Gasteiger charge is -2.11. The summed E-state index contributed by atoms with van der Waals surface area (Å²) in [5, 5.41) is 5.92. The predicted octanol–water partition coefficient (Wildman–Crippen LogP) is 4.13. The Hall–Kier alpha value is -1.88. The summed E-state index contributed by atoms with van der Waals surface area (Å²) in [6.07, 6.45) is 0.329. The molecular formula is C16H14BrFN2O. The maximum absolute atomic E-state index is 13.6. The number of hydrogen-bond donors (Lipinski definition) is 2. The first-order valence-corrected chi connectivity index (χ1v) is 7.50. The van der Waals surface area contributed by atoms with Crippen molar-refractivity contribution in [2.24, 2.45) is 0 Å². The molecule has 5 heteroatoms. The predicted molar refractivity (Wildman–Crippen MR) is 85.0 cm³/mol. The third kappa shape index (κ3) is 3.08. The van der Waals surface area contributed by atoms with Crippen LogP contribution >= 0.6 is 15.9 Å². The first-order chi connectivity index (χ1) is 10.1. The fourth-order valence-electron chi connectivity index (χ4n) is 2.56. The molecule has 3 rings (SSSR count). The van der Waals surface area contributed by atoms with E-state index in [0.29, 0.717) is 6.42 Å². The molecule has 0 aliphatic carbocycles. The topological polar surface area (TPSA) is 41.1 Å². The molecule has 1 aliphatic heterocycles. The molecule has 0 spiro atoms. The number of hydrogen-bond acceptors (Lipinski definition) is 2. The molecular weight excluding hydrogens is 335 g/mol. The maximum atomic E-state index is 13.6. The van der Waals surface area contributed by atoms with Crippen molar-refractivity contribution in [2.45, 2.75) is 12.3 Å². The van der Waals surface area contributed by atoms with Gasteiger partial charge in [-0.2, -0.15) is 0 Å². The summed E-state index contributed by atoms with van der Waals surface area (Å²) in [4.78, 5) is 12.1. The van der Waals surface area contributed by atoms with Gasteiger partial charge in [-0.3, -0.25) is 4.79 Å². The van der Waals surface area contributed by atoms with Crippen molar-refractivity contribution in [2.75, 3.05) is 17.2 Å². The zero-order chi connectivity index (χ0) is 14.8. The minimum Gasteiger partial charge on any atom is -0.384 e. The standard InChI is InChI=1S/C16H14BrFN2O/c17-11-5-6-13(18)15(8-11)20-16(21)7-10-9-19-14-4-2-1-3-12(10)14/h1-6,8,10,19H,7,9H2,(H,20,21). The van der Waals surface area contributed by atoms with Crippen molar-refractivity contribution < 1.29 is 9.18 Å². The van der Waals surface area contributed by atoms with Crippen LogP contribution in [-0.4, -0.2) is 12.5 Å². The van der Waals surface area contributed by atoms with Crippen LogP contribution in [0.15, 0.2) is 46.9 Å². The molecule has 1 atom stereocenters. The van der Waals surface area contributed by atoms with Crippen LogP contribution in [0, 0.1) is 5.82 Å². The Balaban J connectivity index is 1.69. The summed E-state index contributed by atoms with van der Waals surface area (Å²) in [6.45, 7) is 0.730. The van der Waals surface area contributed by atoms with Gasteiger partial charge in [0.1, 0.15) is 5.82 Å². The molecule has 0 saturated heterocycles. The Morgan fingerprint density at radius 2 is 2.14 bits per heavy atom. The van der Waals surface area contributed by atoms with Crippen LogP contribution in [0.3, 0.4) is 0 Å². The first kappa shape index (κ1) is 14.1. The van der Waals surface area contributed by atoms with Gasteiger partial charge in [0.2, 0.25) is 5.91 Å². The van der Waals surface area contributed by atoms with Crippen LogP contribution in [0.1, 0.15) is 17.9 Å². The van der Waals surface area contributed by atoms with E-state index in [-0.39, 0.29) is 17.5 Å². The van der Waals surface area contributed by atoms with Crippen LogP contribution < -0.4 is 10.6 Å². The highest BCUT2D eigenvalue weighted by molar-refractivity contribution is 9.10. The highest BCUT2D eigenvalue weighted by atomic mass is 79.9. The highest BCUT2D eigenvalue weighted by Gasteiger charge is 2.24. The Morgan fingerprint density at radius 3 is 3.00 bits per heavy atom. The van der Waals surface area contributed by atoms with Crippen molar-refractivity contribution in [1.82, 2.24) is 0 Å². The average molecular weight is 349 g/mol. The zero-order valence-corrected chi connectivity index (χ0v) is 12.8. The Bertz CT molecular complexity index is 690. The van der Waals surface area contributed by atoms with Crippen molar-refractivity contribution in [1.29, 1.82) is 0 Å². The number of halogens is 2. The molecule has 0 fully saturated rings. The summed E-state index contributed by atoms with van der Waals surface area (Å²) < 4.78 is 14.4. The molecule has 1 amide bonds. The van der Waals surface area contributed by atoms with E-state index in [4.69, 9.17) is 0 Å². The number of benzene rings is 2. The van der Waals surface area contributed by atoms with E-state index in [1.807, 2.05) is 24.3 Å². The van der Waals surface area contributed by atoms with Crippen LogP contribution in [-0.2, 0) is 4.79 Å². The van der Waals surface area contributed by atoms with Gasteiger partial charge in [0.15, 0.2) is 0 Å². The van der Waals surface area contributed by atoms with Gasteiger partial charge in [-0.1, -0.05) is 34.1 Å². The second-order valence-electron chi connectivity index (χ2n) is 5.04. The SMILES string of the molecule is O=C(CC1CNc2ccccc21)Nc1cc(Br)ccc1F. The van der Waals surface area contributed by atoms with E-state index in [9.17, 15) is 9.18 Å². The van der Waals surface area contributed by atoms with Gasteiger partial charge in [0.25, 0.3) is 0 Å². The van der Waals surface area contributed by atoms with Crippen LogP contribution in [0.4, 0.5) is 15.8 Å². The number of nitrogens with one attached hydrogen (secondary N) is 2. The Labute approximate surface area is 130 Å². The normalized spacial score (nSPS) is 16.2. The number of carbonyl (C=O) groups excluding carboxylic acids is 1. The zero-order valence-electron chi connectivity index (χ0n) is 11.2. The minimum atomic E-state index is -0.434. The van der Waals surface area contributed by atoms with Crippen LogP contribution in [0.25, 0.3) is 0 Å². The molecule has 1 heterocycles. The van der Waals surface area contributed by atoms with E-state index in [0.717, 1.165) is 22.3 Å². The number of anilines is 2. The number of amides is 1. The van der Waals surface area contributed by atoms with Gasteiger partial charge in [0.05, 0.1) is 5.69 Å². The maximum Gasteiger partial charge on any atom is 0.225 e. The number of rotatable bonds is 3. The largest absolute Gasteiger partial charge is 0.384 e. The van der Waals surface area contributed by atoms with Gasteiger partial charge in [-0.15, -0.1) is 0 Å². The number of carbonyl (C=O) groups is 1. The average Bonchev–Trinajstić information content (AvgIpc) is 2.86. The molecule has 2 aromatic carbocycles. The van der Waals surface area contributed by atoms with E-state index in [1.165, 1.54) is 6.07 Å². The smallest absolute Gasteiger partial charge is 0.225 e. The summed E-state index contributed by atoms with van der Waals surface area (Å²) in [7, 11) is 0. The lowest BCUT2D eigenvalue weighted by molar-refractivity contribution is -0.116. The minimum absolute atomic E-state index is 0.122. The fourth-order valence-corrected chi connectivity index (χ4v) is 2.92. The third-order valence-corrected chi connectivity index (χ3v) is 4.07. The van der Waals surface area contributed by atoms with Crippen LogP contribution in [0.5, 0.6) is 0 Å². The molecule has 2 N–H and O–H groups in total. The van der Waals surface area contributed by atoms with Gasteiger partial charge < -0.3 is 10.6 Å². The van der Waals surface area contributed by atoms with E-state index < -0.39 is 5.82 Å². The fraction of sp³-hybridized carbons (Fsp3) is 0.188. The molecule has 3 nitrogen and oxygen atoms in total. The number of para-hydroxylation sites is 1. The van der Waals surface area contributed by atoms with E-state index in [2.05, 4.69) is 26.6 Å². The molecule has 1 unspecified atom stereocenters. The molecule has 0 aromatic heterocycles. The lowest BCUT2D eigenvalue weighted by atomic mass is 9.97. The monoisotopic (exact) mass is 348 g/mol.